The third kappa shape index (κ3) is 4.92. The molecule has 17 heavy (non-hydrogen) atoms. The van der Waals surface area contributed by atoms with Crippen molar-refractivity contribution in [1.29, 1.82) is 0 Å². The van der Waals surface area contributed by atoms with Gasteiger partial charge in [0.2, 0.25) is 5.91 Å². The Kier molecular flexibility index (Phi) is 5.58. The van der Waals surface area contributed by atoms with E-state index in [-0.39, 0.29) is 11.8 Å². The van der Waals surface area contributed by atoms with Crippen LogP contribution in [0.1, 0.15) is 12.6 Å². The predicted molar refractivity (Wildman–Crippen MR) is 62.0 cm³/mol. The molecule has 1 aromatic heterocycles. The van der Waals surface area contributed by atoms with Crippen LogP contribution in [0.2, 0.25) is 0 Å². The van der Waals surface area contributed by atoms with Crippen LogP contribution in [0.15, 0.2) is 6.20 Å². The van der Waals surface area contributed by atoms with Crippen LogP contribution in [0.3, 0.4) is 0 Å². The normalized spacial score (nSPS) is 12.6. The lowest BCUT2D eigenvalue weighted by Gasteiger charge is -2.05. The highest BCUT2D eigenvalue weighted by Crippen LogP contribution is 1.99. The first-order valence-corrected chi connectivity index (χ1v) is 5.51. The van der Waals surface area contributed by atoms with Gasteiger partial charge in [0.25, 0.3) is 0 Å². The maximum atomic E-state index is 10.9. The average Bonchev–Trinajstić information content (AvgIpc) is 2.72. The molecule has 0 saturated carbocycles. The number of nitrogens with two attached hydrogens (primary N) is 1. The second-order valence-corrected chi connectivity index (χ2v) is 3.90. The summed E-state index contributed by atoms with van der Waals surface area (Å²) in [6, 6.07) is 0. The minimum atomic E-state index is -0.333. The van der Waals surface area contributed by atoms with Gasteiger partial charge in [-0.3, -0.25) is 9.48 Å². The molecule has 0 aliphatic carbocycles. The summed E-state index contributed by atoms with van der Waals surface area (Å²) in [6.07, 6.45) is 1.80. The number of hydrogen-bond donors (Lipinski definition) is 2. The topological polar surface area (TPSA) is 95.1 Å². The van der Waals surface area contributed by atoms with Gasteiger partial charge in [-0.15, -0.1) is 5.10 Å². The minimum absolute atomic E-state index is 0.244. The molecule has 7 heteroatoms. The molecular formula is C10H19N5O2. The number of ether oxygens (including phenoxy) is 1. The third-order valence-electron chi connectivity index (χ3n) is 2.32. The summed E-state index contributed by atoms with van der Waals surface area (Å²) in [4.78, 5) is 10.9. The number of rotatable bonds is 8. The monoisotopic (exact) mass is 241 g/mol. The molecule has 0 radical (unpaired) electrons. The molecule has 7 nitrogen and oxygen atoms in total. The number of nitrogens with one attached hydrogen (secondary N) is 1. The van der Waals surface area contributed by atoms with Crippen molar-refractivity contribution in [2.45, 2.75) is 20.0 Å². The molecular weight excluding hydrogens is 222 g/mol. The number of carbonyl (C=O) groups excluding carboxylic acids is 1. The lowest BCUT2D eigenvalue weighted by molar-refractivity contribution is -0.121. The van der Waals surface area contributed by atoms with Crippen molar-refractivity contribution in [2.75, 3.05) is 20.3 Å². The molecule has 96 valence electrons. The Morgan fingerprint density at radius 2 is 2.47 bits per heavy atom. The Balaban J connectivity index is 2.34. The summed E-state index contributed by atoms with van der Waals surface area (Å²) < 4.78 is 6.54. The fraction of sp³-hybridized carbons (Fsp3) is 0.700. The fourth-order valence-electron chi connectivity index (χ4n) is 1.27. The molecule has 1 heterocycles. The number of amides is 1. The highest BCUT2D eigenvalue weighted by molar-refractivity contribution is 5.76. The Hall–Kier alpha value is -1.47. The van der Waals surface area contributed by atoms with Crippen LogP contribution >= 0.6 is 0 Å². The van der Waals surface area contributed by atoms with E-state index >= 15 is 0 Å². The smallest absolute Gasteiger partial charge is 0.222 e. The van der Waals surface area contributed by atoms with Crippen molar-refractivity contribution in [3.05, 3.63) is 11.9 Å². The first-order valence-electron chi connectivity index (χ1n) is 5.51. The predicted octanol–water partition coefficient (Wildman–Crippen LogP) is -0.864. The largest absolute Gasteiger partial charge is 0.383 e. The van der Waals surface area contributed by atoms with Crippen molar-refractivity contribution >= 4 is 5.91 Å². The van der Waals surface area contributed by atoms with Crippen molar-refractivity contribution in [3.63, 3.8) is 0 Å². The van der Waals surface area contributed by atoms with Gasteiger partial charge in [0.1, 0.15) is 0 Å². The van der Waals surface area contributed by atoms with E-state index in [0.717, 1.165) is 12.2 Å². The molecule has 3 N–H and O–H groups in total. The number of carbonyl (C=O) groups is 1. The molecule has 1 aromatic rings. The van der Waals surface area contributed by atoms with Gasteiger partial charge in [-0.2, -0.15) is 0 Å². The van der Waals surface area contributed by atoms with Crippen molar-refractivity contribution in [1.82, 2.24) is 20.3 Å². The summed E-state index contributed by atoms with van der Waals surface area (Å²) in [5.41, 5.74) is 6.01. The maximum Gasteiger partial charge on any atom is 0.222 e. The number of nitrogens with zero attached hydrogens (tertiary/aromatic N) is 3. The molecule has 0 aliphatic heterocycles. The van der Waals surface area contributed by atoms with Gasteiger partial charge >= 0.3 is 0 Å². The number of primary amides is 1. The number of methoxy groups -OCH3 is 1. The maximum absolute atomic E-state index is 10.9. The van der Waals surface area contributed by atoms with E-state index < -0.39 is 0 Å². The van der Waals surface area contributed by atoms with Crippen LogP contribution in [0.4, 0.5) is 0 Å². The SMILES string of the molecule is COCCNCc1cn(CC(C)C(N)=O)nn1. The van der Waals surface area contributed by atoms with Gasteiger partial charge in [0, 0.05) is 26.4 Å². The summed E-state index contributed by atoms with van der Waals surface area (Å²) >= 11 is 0. The third-order valence-corrected chi connectivity index (χ3v) is 2.32. The van der Waals surface area contributed by atoms with E-state index in [9.17, 15) is 4.79 Å². The minimum Gasteiger partial charge on any atom is -0.383 e. The summed E-state index contributed by atoms with van der Waals surface area (Å²) in [6.45, 7) is 4.28. The van der Waals surface area contributed by atoms with E-state index in [1.807, 2.05) is 0 Å². The molecule has 1 atom stereocenters. The van der Waals surface area contributed by atoms with Crippen molar-refractivity contribution in [2.24, 2.45) is 11.7 Å². The van der Waals surface area contributed by atoms with Gasteiger partial charge < -0.3 is 15.8 Å². The molecule has 1 rings (SSSR count). The Labute approximate surface area is 100 Å². The van der Waals surface area contributed by atoms with Crippen LogP contribution in [0, 0.1) is 5.92 Å². The molecule has 0 spiro atoms. The van der Waals surface area contributed by atoms with E-state index in [1.165, 1.54) is 0 Å². The highest BCUT2D eigenvalue weighted by atomic mass is 16.5. The van der Waals surface area contributed by atoms with E-state index in [0.29, 0.717) is 19.7 Å². The molecule has 0 aliphatic rings. The quantitative estimate of drug-likeness (QED) is 0.577. The first-order chi connectivity index (χ1) is 8.13. The highest BCUT2D eigenvalue weighted by Gasteiger charge is 2.10. The summed E-state index contributed by atoms with van der Waals surface area (Å²) in [7, 11) is 1.66. The molecule has 0 bridgehead atoms. The Morgan fingerprint density at radius 1 is 1.71 bits per heavy atom. The van der Waals surface area contributed by atoms with Crippen LogP contribution in [0.5, 0.6) is 0 Å². The lowest BCUT2D eigenvalue weighted by Crippen LogP contribution is -2.24. The first kappa shape index (κ1) is 13.6. The average molecular weight is 241 g/mol. The van der Waals surface area contributed by atoms with E-state index in [4.69, 9.17) is 10.5 Å². The summed E-state index contributed by atoms with van der Waals surface area (Å²) in [5, 5.41) is 11.1. The van der Waals surface area contributed by atoms with Gasteiger partial charge in [-0.05, 0) is 0 Å². The van der Waals surface area contributed by atoms with Gasteiger partial charge in [0.15, 0.2) is 0 Å². The zero-order chi connectivity index (χ0) is 12.7. The molecule has 1 amide bonds. The zero-order valence-corrected chi connectivity index (χ0v) is 10.2. The van der Waals surface area contributed by atoms with Gasteiger partial charge in [-0.25, -0.2) is 0 Å². The number of hydrogen-bond acceptors (Lipinski definition) is 5. The van der Waals surface area contributed by atoms with Crippen LogP contribution in [-0.4, -0.2) is 41.2 Å². The fourth-order valence-corrected chi connectivity index (χ4v) is 1.27. The van der Waals surface area contributed by atoms with E-state index in [1.54, 1.807) is 24.9 Å². The second-order valence-electron chi connectivity index (χ2n) is 3.90. The van der Waals surface area contributed by atoms with E-state index in [2.05, 4.69) is 15.6 Å². The Morgan fingerprint density at radius 3 is 3.12 bits per heavy atom. The second kappa shape index (κ2) is 6.97. The molecule has 0 aromatic carbocycles. The van der Waals surface area contributed by atoms with Crippen molar-refractivity contribution < 1.29 is 9.53 Å². The molecule has 0 fully saturated rings. The molecule has 0 saturated heterocycles. The standard InChI is InChI=1S/C10H19N5O2/c1-8(10(11)16)6-15-7-9(13-14-15)5-12-3-4-17-2/h7-8,12H,3-6H2,1-2H3,(H2,11,16). The summed E-state index contributed by atoms with van der Waals surface area (Å²) in [5.74, 6) is -0.578. The van der Waals surface area contributed by atoms with Crippen LogP contribution in [0.25, 0.3) is 0 Å². The van der Waals surface area contributed by atoms with Gasteiger partial charge in [0.05, 0.1) is 24.8 Å². The lowest BCUT2D eigenvalue weighted by atomic mass is 10.2. The number of aromatic nitrogens is 3. The van der Waals surface area contributed by atoms with Gasteiger partial charge in [-0.1, -0.05) is 12.1 Å². The van der Waals surface area contributed by atoms with Crippen LogP contribution < -0.4 is 11.1 Å². The van der Waals surface area contributed by atoms with Crippen molar-refractivity contribution in [3.8, 4) is 0 Å². The zero-order valence-electron chi connectivity index (χ0n) is 10.2. The Bertz CT molecular complexity index is 352. The molecule has 1 unspecified atom stereocenters. The van der Waals surface area contributed by atoms with Crippen LogP contribution in [-0.2, 0) is 22.6 Å².